The van der Waals surface area contributed by atoms with Gasteiger partial charge in [-0.2, -0.15) is 0 Å². The summed E-state index contributed by atoms with van der Waals surface area (Å²) in [6.07, 6.45) is 3.52. The smallest absolute Gasteiger partial charge is 0.262 e. The molecule has 1 aromatic carbocycles. The van der Waals surface area contributed by atoms with Crippen LogP contribution in [-0.2, 0) is 4.79 Å². The summed E-state index contributed by atoms with van der Waals surface area (Å²) in [5, 5.41) is 2.87. The van der Waals surface area contributed by atoms with Crippen LogP contribution in [0.3, 0.4) is 0 Å². The number of benzene rings is 1. The van der Waals surface area contributed by atoms with Gasteiger partial charge in [-0.1, -0.05) is 30.0 Å². The van der Waals surface area contributed by atoms with Crippen molar-refractivity contribution in [3.8, 4) is 0 Å². The lowest BCUT2D eigenvalue weighted by atomic mass is 10.3. The number of hydrogen-bond acceptors (Lipinski definition) is 3. The van der Waals surface area contributed by atoms with E-state index in [-0.39, 0.29) is 5.91 Å². The van der Waals surface area contributed by atoms with E-state index >= 15 is 0 Å². The molecule has 0 fully saturated rings. The van der Waals surface area contributed by atoms with Gasteiger partial charge in [-0.25, -0.2) is 0 Å². The minimum absolute atomic E-state index is 0.0793. The molecule has 1 amide bonds. The third-order valence-electron chi connectivity index (χ3n) is 2.55. The Bertz CT molecular complexity index is 623. The minimum Gasteiger partial charge on any atom is -0.320 e. The van der Waals surface area contributed by atoms with E-state index in [0.29, 0.717) is 4.91 Å². The Morgan fingerprint density at radius 3 is 2.78 bits per heavy atom. The van der Waals surface area contributed by atoms with E-state index in [1.165, 1.54) is 11.8 Å². The zero-order valence-electron chi connectivity index (χ0n) is 9.46. The molecule has 3 nitrogen and oxygen atoms in total. The quantitative estimate of drug-likeness (QED) is 0.795. The van der Waals surface area contributed by atoms with Crippen LogP contribution in [0, 0.1) is 0 Å². The molecule has 0 bridgehead atoms. The van der Waals surface area contributed by atoms with Crippen molar-refractivity contribution in [3.63, 3.8) is 0 Å². The number of carbonyl (C=O) groups excluding carboxylic acids is 1. The average molecular weight is 254 g/mol. The van der Waals surface area contributed by atoms with E-state index in [2.05, 4.69) is 10.3 Å². The molecule has 18 heavy (non-hydrogen) atoms. The second-order valence-corrected chi connectivity index (χ2v) is 4.90. The fraction of sp³-hybridized carbons (Fsp3) is 0. The van der Waals surface area contributed by atoms with Gasteiger partial charge in [-0.15, -0.1) is 0 Å². The van der Waals surface area contributed by atoms with Gasteiger partial charge in [0, 0.05) is 11.1 Å². The highest BCUT2D eigenvalue weighted by Gasteiger charge is 2.20. The molecule has 0 radical (unpaired) electrons. The number of fused-ring (bicyclic) bond motifs is 1. The number of carbonyl (C=O) groups is 1. The number of nitrogens with one attached hydrogen (secondary N) is 1. The molecular formula is C14H10N2OS. The van der Waals surface area contributed by atoms with Gasteiger partial charge in [0.05, 0.1) is 16.3 Å². The van der Waals surface area contributed by atoms with E-state index in [1.54, 1.807) is 12.3 Å². The highest BCUT2D eigenvalue weighted by atomic mass is 32.2. The summed E-state index contributed by atoms with van der Waals surface area (Å²) >= 11 is 1.47. The average Bonchev–Trinajstić information content (AvgIpc) is 2.41. The van der Waals surface area contributed by atoms with E-state index in [9.17, 15) is 4.79 Å². The Morgan fingerprint density at radius 2 is 1.94 bits per heavy atom. The second-order valence-electron chi connectivity index (χ2n) is 3.82. The molecule has 1 aliphatic rings. The summed E-state index contributed by atoms with van der Waals surface area (Å²) in [7, 11) is 0. The molecule has 1 N–H and O–H groups in total. The fourth-order valence-corrected chi connectivity index (χ4v) is 2.63. The predicted octanol–water partition coefficient (Wildman–Crippen LogP) is 3.17. The van der Waals surface area contributed by atoms with Gasteiger partial charge in [0.1, 0.15) is 0 Å². The molecule has 0 saturated heterocycles. The number of pyridine rings is 1. The Balaban J connectivity index is 1.96. The van der Waals surface area contributed by atoms with Gasteiger partial charge < -0.3 is 5.32 Å². The summed E-state index contributed by atoms with van der Waals surface area (Å²) in [5.74, 6) is -0.0793. The summed E-state index contributed by atoms with van der Waals surface area (Å²) in [4.78, 5) is 17.8. The Labute approximate surface area is 109 Å². The first kappa shape index (κ1) is 11.0. The topological polar surface area (TPSA) is 42.0 Å². The number of thioether (sulfide) groups is 1. The van der Waals surface area contributed by atoms with Crippen LogP contribution in [0.25, 0.3) is 6.08 Å². The van der Waals surface area contributed by atoms with Gasteiger partial charge in [-0.05, 0) is 30.3 Å². The number of rotatable bonds is 1. The third-order valence-corrected chi connectivity index (χ3v) is 3.64. The Morgan fingerprint density at radius 1 is 1.11 bits per heavy atom. The monoisotopic (exact) mass is 254 g/mol. The van der Waals surface area contributed by atoms with E-state index in [0.717, 1.165) is 16.3 Å². The van der Waals surface area contributed by atoms with Crippen molar-refractivity contribution in [1.29, 1.82) is 0 Å². The van der Waals surface area contributed by atoms with Gasteiger partial charge in [0.25, 0.3) is 5.91 Å². The molecule has 1 aliphatic heterocycles. The number of aromatic nitrogens is 1. The normalized spacial score (nSPS) is 16.2. The number of anilines is 1. The molecule has 3 rings (SSSR count). The van der Waals surface area contributed by atoms with E-state index in [1.807, 2.05) is 42.5 Å². The molecule has 0 spiro atoms. The fourth-order valence-electron chi connectivity index (χ4n) is 1.70. The minimum atomic E-state index is -0.0793. The zero-order chi connectivity index (χ0) is 12.4. The number of para-hydroxylation sites is 1. The molecular weight excluding hydrogens is 244 g/mol. The summed E-state index contributed by atoms with van der Waals surface area (Å²) in [6, 6.07) is 13.4. The zero-order valence-corrected chi connectivity index (χ0v) is 10.3. The molecule has 0 aliphatic carbocycles. The lowest BCUT2D eigenvalue weighted by Crippen LogP contribution is -2.17. The van der Waals surface area contributed by atoms with Crippen LogP contribution in [-0.4, -0.2) is 10.9 Å². The van der Waals surface area contributed by atoms with Crippen LogP contribution in [0.15, 0.2) is 58.5 Å². The second kappa shape index (κ2) is 4.66. The first-order chi connectivity index (χ1) is 8.83. The van der Waals surface area contributed by atoms with Crippen LogP contribution >= 0.6 is 11.8 Å². The number of amides is 1. The summed E-state index contributed by atoms with van der Waals surface area (Å²) < 4.78 is 0. The lowest BCUT2D eigenvalue weighted by molar-refractivity contribution is -0.112. The van der Waals surface area contributed by atoms with Crippen LogP contribution in [0.1, 0.15) is 5.69 Å². The molecule has 0 saturated carbocycles. The van der Waals surface area contributed by atoms with Crippen molar-refractivity contribution in [2.24, 2.45) is 0 Å². The summed E-state index contributed by atoms with van der Waals surface area (Å²) in [6.45, 7) is 0. The molecule has 2 heterocycles. The van der Waals surface area contributed by atoms with E-state index < -0.39 is 0 Å². The molecule has 0 unspecified atom stereocenters. The van der Waals surface area contributed by atoms with Gasteiger partial charge in [-0.3, -0.25) is 9.78 Å². The van der Waals surface area contributed by atoms with Crippen LogP contribution in [0.2, 0.25) is 0 Å². The molecule has 1 aromatic heterocycles. The van der Waals surface area contributed by atoms with Crippen molar-refractivity contribution in [2.75, 3.05) is 5.32 Å². The van der Waals surface area contributed by atoms with Gasteiger partial charge >= 0.3 is 0 Å². The third kappa shape index (κ3) is 2.15. The van der Waals surface area contributed by atoms with E-state index in [4.69, 9.17) is 0 Å². The van der Waals surface area contributed by atoms with Crippen molar-refractivity contribution in [3.05, 3.63) is 59.3 Å². The highest BCUT2D eigenvalue weighted by molar-refractivity contribution is 8.04. The lowest BCUT2D eigenvalue weighted by Gasteiger charge is -2.17. The van der Waals surface area contributed by atoms with Crippen molar-refractivity contribution >= 4 is 29.4 Å². The van der Waals surface area contributed by atoms with Crippen LogP contribution in [0.5, 0.6) is 0 Å². The largest absolute Gasteiger partial charge is 0.320 e. The predicted molar refractivity (Wildman–Crippen MR) is 73.1 cm³/mol. The van der Waals surface area contributed by atoms with Gasteiger partial charge in [0.2, 0.25) is 0 Å². The standard InChI is InChI=1S/C14H10N2OS/c17-14-13(9-10-5-3-4-8-15-10)18-12-7-2-1-6-11(12)16-14/h1-9H,(H,16,17)/b13-9+. The Hall–Kier alpha value is -2.07. The number of hydrogen-bond donors (Lipinski definition) is 1. The van der Waals surface area contributed by atoms with Crippen molar-refractivity contribution < 1.29 is 4.79 Å². The molecule has 2 aromatic rings. The first-order valence-electron chi connectivity index (χ1n) is 5.54. The maximum Gasteiger partial charge on any atom is 0.262 e. The SMILES string of the molecule is O=C1Nc2ccccc2S/C1=C/c1ccccn1. The van der Waals surface area contributed by atoms with Crippen molar-refractivity contribution in [1.82, 2.24) is 4.98 Å². The van der Waals surface area contributed by atoms with Crippen LogP contribution in [0.4, 0.5) is 5.69 Å². The van der Waals surface area contributed by atoms with Crippen molar-refractivity contribution in [2.45, 2.75) is 4.90 Å². The molecule has 4 heteroatoms. The first-order valence-corrected chi connectivity index (χ1v) is 6.35. The highest BCUT2D eigenvalue weighted by Crippen LogP contribution is 2.38. The number of nitrogens with zero attached hydrogens (tertiary/aromatic N) is 1. The molecule has 0 atom stereocenters. The maximum atomic E-state index is 11.9. The maximum absolute atomic E-state index is 11.9. The Kier molecular flexibility index (Phi) is 2.86. The van der Waals surface area contributed by atoms with Gasteiger partial charge in [0.15, 0.2) is 0 Å². The molecule has 88 valence electrons. The van der Waals surface area contributed by atoms with Crippen LogP contribution < -0.4 is 5.32 Å². The summed E-state index contributed by atoms with van der Waals surface area (Å²) in [5.41, 5.74) is 1.65.